The highest BCUT2D eigenvalue weighted by Crippen LogP contribution is 2.28. The van der Waals surface area contributed by atoms with Gasteiger partial charge < -0.3 is 19.1 Å². The standard InChI is InChI=1S/C17H25NO4/c1-12(2)22-14-7-9-18(10-8-14)17(19)13-5-6-15(20-3)16(11-13)21-4/h5-6,11-12,14H,7-10H2,1-4H3. The fraction of sp³-hybridized carbons (Fsp3) is 0.588. The van der Waals surface area contributed by atoms with Gasteiger partial charge in [0.15, 0.2) is 11.5 Å². The monoisotopic (exact) mass is 307 g/mol. The molecule has 22 heavy (non-hydrogen) atoms. The largest absolute Gasteiger partial charge is 0.493 e. The Morgan fingerprint density at radius 2 is 1.77 bits per heavy atom. The van der Waals surface area contributed by atoms with Gasteiger partial charge in [-0.3, -0.25) is 4.79 Å². The van der Waals surface area contributed by atoms with Crippen LogP contribution in [0, 0.1) is 0 Å². The molecule has 0 N–H and O–H groups in total. The van der Waals surface area contributed by atoms with Crippen molar-refractivity contribution < 1.29 is 19.0 Å². The van der Waals surface area contributed by atoms with Crippen molar-refractivity contribution in [3.05, 3.63) is 23.8 Å². The van der Waals surface area contributed by atoms with Crippen molar-refractivity contribution in [1.29, 1.82) is 0 Å². The third-order valence-corrected chi connectivity index (χ3v) is 3.82. The van der Waals surface area contributed by atoms with Crippen molar-refractivity contribution >= 4 is 5.91 Å². The Hall–Kier alpha value is -1.75. The Morgan fingerprint density at radius 1 is 1.14 bits per heavy atom. The molecule has 1 aliphatic heterocycles. The van der Waals surface area contributed by atoms with E-state index >= 15 is 0 Å². The molecule has 2 rings (SSSR count). The van der Waals surface area contributed by atoms with E-state index in [1.807, 2.05) is 18.7 Å². The maximum Gasteiger partial charge on any atom is 0.253 e. The highest BCUT2D eigenvalue weighted by molar-refractivity contribution is 5.95. The summed E-state index contributed by atoms with van der Waals surface area (Å²) in [5, 5.41) is 0. The average Bonchev–Trinajstić information content (AvgIpc) is 2.53. The van der Waals surface area contributed by atoms with Gasteiger partial charge in [-0.2, -0.15) is 0 Å². The number of ether oxygens (including phenoxy) is 3. The number of hydrogen-bond donors (Lipinski definition) is 0. The molecule has 0 unspecified atom stereocenters. The van der Waals surface area contributed by atoms with Crippen LogP contribution in [-0.4, -0.2) is 50.3 Å². The fourth-order valence-electron chi connectivity index (χ4n) is 2.73. The van der Waals surface area contributed by atoms with Gasteiger partial charge in [-0.1, -0.05) is 0 Å². The van der Waals surface area contributed by atoms with Gasteiger partial charge in [0.05, 0.1) is 26.4 Å². The summed E-state index contributed by atoms with van der Waals surface area (Å²) in [6, 6.07) is 5.28. The van der Waals surface area contributed by atoms with Crippen molar-refractivity contribution in [2.24, 2.45) is 0 Å². The van der Waals surface area contributed by atoms with E-state index in [2.05, 4.69) is 0 Å². The van der Waals surface area contributed by atoms with Crippen LogP contribution in [0.25, 0.3) is 0 Å². The summed E-state index contributed by atoms with van der Waals surface area (Å²) in [5.41, 5.74) is 0.626. The number of carbonyl (C=O) groups excluding carboxylic acids is 1. The Labute approximate surface area is 132 Å². The van der Waals surface area contributed by atoms with E-state index in [0.29, 0.717) is 17.1 Å². The number of hydrogen-bond acceptors (Lipinski definition) is 4. The van der Waals surface area contributed by atoms with Crippen LogP contribution in [0.15, 0.2) is 18.2 Å². The highest BCUT2D eigenvalue weighted by atomic mass is 16.5. The maximum absolute atomic E-state index is 12.6. The molecule has 5 nitrogen and oxygen atoms in total. The normalized spacial score (nSPS) is 16.0. The van der Waals surface area contributed by atoms with Gasteiger partial charge in [0.2, 0.25) is 0 Å². The summed E-state index contributed by atoms with van der Waals surface area (Å²) >= 11 is 0. The Kier molecular flexibility index (Phi) is 5.66. The summed E-state index contributed by atoms with van der Waals surface area (Å²) in [6.45, 7) is 5.54. The Balaban J connectivity index is 2.01. The molecular weight excluding hydrogens is 282 g/mol. The maximum atomic E-state index is 12.6. The number of rotatable bonds is 5. The second kappa shape index (κ2) is 7.49. The minimum Gasteiger partial charge on any atom is -0.493 e. The van der Waals surface area contributed by atoms with Gasteiger partial charge in [-0.05, 0) is 44.9 Å². The van der Waals surface area contributed by atoms with Crippen LogP contribution in [0.5, 0.6) is 11.5 Å². The number of methoxy groups -OCH3 is 2. The number of nitrogens with zero attached hydrogens (tertiary/aromatic N) is 1. The minimum atomic E-state index is 0.0314. The van der Waals surface area contributed by atoms with Crippen molar-refractivity contribution in [3.63, 3.8) is 0 Å². The van der Waals surface area contributed by atoms with Crippen LogP contribution in [0.4, 0.5) is 0 Å². The minimum absolute atomic E-state index is 0.0314. The fourth-order valence-corrected chi connectivity index (χ4v) is 2.73. The number of amides is 1. The average molecular weight is 307 g/mol. The molecule has 122 valence electrons. The first-order chi connectivity index (χ1) is 10.5. The lowest BCUT2D eigenvalue weighted by Gasteiger charge is -2.33. The summed E-state index contributed by atoms with van der Waals surface area (Å²) in [4.78, 5) is 14.5. The first kappa shape index (κ1) is 16.6. The second-order valence-corrected chi connectivity index (χ2v) is 5.75. The predicted molar refractivity (Wildman–Crippen MR) is 84.7 cm³/mol. The first-order valence-corrected chi connectivity index (χ1v) is 7.72. The van der Waals surface area contributed by atoms with E-state index in [1.165, 1.54) is 0 Å². The van der Waals surface area contributed by atoms with Crippen LogP contribution in [0.1, 0.15) is 37.0 Å². The molecule has 1 saturated heterocycles. The topological polar surface area (TPSA) is 48.0 Å². The van der Waals surface area contributed by atoms with Crippen LogP contribution in [-0.2, 0) is 4.74 Å². The molecule has 0 aromatic heterocycles. The van der Waals surface area contributed by atoms with E-state index in [0.717, 1.165) is 25.9 Å². The first-order valence-electron chi connectivity index (χ1n) is 7.72. The third kappa shape index (κ3) is 3.91. The van der Waals surface area contributed by atoms with E-state index in [4.69, 9.17) is 14.2 Å². The van der Waals surface area contributed by atoms with Gasteiger partial charge in [0.1, 0.15) is 0 Å². The zero-order valence-corrected chi connectivity index (χ0v) is 13.8. The number of benzene rings is 1. The third-order valence-electron chi connectivity index (χ3n) is 3.82. The number of carbonyl (C=O) groups is 1. The number of piperidine rings is 1. The van der Waals surface area contributed by atoms with Crippen LogP contribution >= 0.6 is 0 Å². The molecule has 1 aliphatic rings. The zero-order chi connectivity index (χ0) is 16.1. The van der Waals surface area contributed by atoms with Crippen molar-refractivity contribution in [3.8, 4) is 11.5 Å². The number of likely N-dealkylation sites (tertiary alicyclic amines) is 1. The van der Waals surface area contributed by atoms with Crippen LogP contribution in [0.3, 0.4) is 0 Å². The molecule has 1 aromatic rings. The lowest BCUT2D eigenvalue weighted by molar-refractivity contribution is -0.0236. The molecule has 1 fully saturated rings. The van der Waals surface area contributed by atoms with E-state index < -0.39 is 0 Å². The molecule has 0 radical (unpaired) electrons. The lowest BCUT2D eigenvalue weighted by Crippen LogP contribution is -2.41. The second-order valence-electron chi connectivity index (χ2n) is 5.75. The van der Waals surface area contributed by atoms with E-state index in [9.17, 15) is 4.79 Å². The molecule has 0 atom stereocenters. The molecule has 1 aromatic carbocycles. The van der Waals surface area contributed by atoms with Gasteiger partial charge in [0.25, 0.3) is 5.91 Å². The Bertz CT molecular complexity index is 507. The van der Waals surface area contributed by atoms with Crippen molar-refractivity contribution in [2.45, 2.75) is 38.9 Å². The van der Waals surface area contributed by atoms with E-state index in [-0.39, 0.29) is 18.1 Å². The van der Waals surface area contributed by atoms with Gasteiger partial charge >= 0.3 is 0 Å². The molecule has 0 aliphatic carbocycles. The summed E-state index contributed by atoms with van der Waals surface area (Å²) in [6.07, 6.45) is 2.27. The van der Waals surface area contributed by atoms with Crippen LogP contribution < -0.4 is 9.47 Å². The van der Waals surface area contributed by atoms with Crippen LogP contribution in [0.2, 0.25) is 0 Å². The smallest absolute Gasteiger partial charge is 0.253 e. The van der Waals surface area contributed by atoms with Crippen molar-refractivity contribution in [2.75, 3.05) is 27.3 Å². The van der Waals surface area contributed by atoms with E-state index in [1.54, 1.807) is 32.4 Å². The molecule has 1 amide bonds. The molecule has 0 saturated carbocycles. The summed E-state index contributed by atoms with van der Waals surface area (Å²) in [5.74, 6) is 1.23. The molecular formula is C17H25NO4. The zero-order valence-electron chi connectivity index (χ0n) is 13.8. The molecule has 1 heterocycles. The van der Waals surface area contributed by atoms with Gasteiger partial charge in [0, 0.05) is 18.7 Å². The molecule has 0 spiro atoms. The quantitative estimate of drug-likeness (QED) is 0.839. The molecule has 0 bridgehead atoms. The SMILES string of the molecule is COc1ccc(C(=O)N2CCC(OC(C)C)CC2)cc1OC. The van der Waals surface area contributed by atoms with Crippen molar-refractivity contribution in [1.82, 2.24) is 4.90 Å². The highest BCUT2D eigenvalue weighted by Gasteiger charge is 2.25. The Morgan fingerprint density at radius 3 is 2.32 bits per heavy atom. The van der Waals surface area contributed by atoms with Gasteiger partial charge in [-0.25, -0.2) is 0 Å². The summed E-state index contributed by atoms with van der Waals surface area (Å²) in [7, 11) is 3.15. The molecule has 5 heteroatoms. The lowest BCUT2D eigenvalue weighted by atomic mass is 10.1. The summed E-state index contributed by atoms with van der Waals surface area (Å²) < 4.78 is 16.3. The predicted octanol–water partition coefficient (Wildman–Crippen LogP) is 2.73. The van der Waals surface area contributed by atoms with Gasteiger partial charge in [-0.15, -0.1) is 0 Å².